The molecule has 0 radical (unpaired) electrons. The number of nitrogens with zero attached hydrogens (tertiary/aromatic N) is 1. The highest BCUT2D eigenvalue weighted by Gasteiger charge is 2.52. The van der Waals surface area contributed by atoms with E-state index in [0.717, 1.165) is 30.6 Å². The number of pyridine rings is 1. The Kier molecular flexibility index (Phi) is 3.44. The van der Waals surface area contributed by atoms with Gasteiger partial charge in [0.05, 0.1) is 5.41 Å². The van der Waals surface area contributed by atoms with Crippen LogP contribution in [-0.4, -0.2) is 10.9 Å². The maximum absolute atomic E-state index is 12.5. The molecule has 0 saturated heterocycles. The van der Waals surface area contributed by atoms with Crippen molar-refractivity contribution in [2.75, 3.05) is 5.32 Å². The first-order valence-corrected chi connectivity index (χ1v) is 7.86. The van der Waals surface area contributed by atoms with Crippen molar-refractivity contribution in [1.82, 2.24) is 4.98 Å². The third-order valence-corrected chi connectivity index (χ3v) is 4.61. The number of aromatic nitrogens is 1. The van der Waals surface area contributed by atoms with E-state index in [0.29, 0.717) is 5.92 Å². The van der Waals surface area contributed by atoms with Crippen LogP contribution in [0.25, 0.3) is 0 Å². The van der Waals surface area contributed by atoms with Gasteiger partial charge < -0.3 is 5.32 Å². The molecule has 2 aliphatic carbocycles. The zero-order valence-electron chi connectivity index (χ0n) is 12.9. The Balaban J connectivity index is 0.000000636. The van der Waals surface area contributed by atoms with Crippen LogP contribution in [0, 0.1) is 5.92 Å². The highest BCUT2D eigenvalue weighted by Crippen LogP contribution is 2.53. The van der Waals surface area contributed by atoms with Crippen molar-refractivity contribution in [3.05, 3.63) is 47.2 Å². The van der Waals surface area contributed by atoms with Crippen LogP contribution in [0.5, 0.6) is 0 Å². The number of carbonyl (C=O) groups excluding carboxylic acids is 1. The number of carbonyl (C=O) groups is 1. The van der Waals surface area contributed by atoms with E-state index in [4.69, 9.17) is 0 Å². The lowest BCUT2D eigenvalue weighted by molar-refractivity contribution is -0.120. The first-order chi connectivity index (χ1) is 10.2. The molecule has 3 heteroatoms. The average molecular weight is 282 g/mol. The number of fused-ring (bicyclic) bond motifs is 3. The summed E-state index contributed by atoms with van der Waals surface area (Å²) in [5.41, 5.74) is 3.41. The van der Waals surface area contributed by atoms with Gasteiger partial charge in [0.1, 0.15) is 5.82 Å². The van der Waals surface area contributed by atoms with Gasteiger partial charge in [0.15, 0.2) is 0 Å². The molecule has 3 aliphatic rings. The number of allylic oxidation sites excluding steroid dienone is 4. The maximum Gasteiger partial charge on any atom is 0.237 e. The topological polar surface area (TPSA) is 42.0 Å². The van der Waals surface area contributed by atoms with Crippen LogP contribution in [0.15, 0.2) is 41.6 Å². The van der Waals surface area contributed by atoms with E-state index in [1.165, 1.54) is 11.1 Å². The van der Waals surface area contributed by atoms with Crippen LogP contribution in [0.1, 0.15) is 45.6 Å². The first kappa shape index (κ1) is 14.1. The van der Waals surface area contributed by atoms with E-state index in [2.05, 4.69) is 29.4 Å². The van der Waals surface area contributed by atoms with Crippen molar-refractivity contribution in [3.63, 3.8) is 0 Å². The molecule has 0 bridgehead atoms. The Morgan fingerprint density at radius 1 is 1.29 bits per heavy atom. The predicted octanol–water partition coefficient (Wildman–Crippen LogP) is 3.98. The molecule has 2 atom stereocenters. The Morgan fingerprint density at radius 3 is 2.86 bits per heavy atom. The molecule has 1 N–H and O–H groups in total. The normalized spacial score (nSPS) is 28.9. The average Bonchev–Trinajstić information content (AvgIpc) is 3.01. The smallest absolute Gasteiger partial charge is 0.237 e. The van der Waals surface area contributed by atoms with E-state index < -0.39 is 5.41 Å². The first-order valence-electron chi connectivity index (χ1n) is 7.86. The number of hydrogen-bond acceptors (Lipinski definition) is 2. The van der Waals surface area contributed by atoms with Gasteiger partial charge in [-0.15, -0.1) is 0 Å². The van der Waals surface area contributed by atoms with Crippen molar-refractivity contribution in [2.45, 2.75) is 45.4 Å². The second-order valence-corrected chi connectivity index (χ2v) is 5.92. The maximum atomic E-state index is 12.5. The summed E-state index contributed by atoms with van der Waals surface area (Å²) in [5, 5.41) is 2.95. The summed E-state index contributed by atoms with van der Waals surface area (Å²) in [4.78, 5) is 16.8. The van der Waals surface area contributed by atoms with E-state index >= 15 is 0 Å². The standard InChI is InChI=1S/C16H16N2O.C2H6/c1-10-4-5-11-8-16(9-12(11)7-10)13-3-2-6-17-14(13)18-15(16)19;1-2/h2-3,5-7,10H,4,8-9H2,1H3,(H,17,18,19);1-2H3. The van der Waals surface area contributed by atoms with Crippen LogP contribution < -0.4 is 5.32 Å². The zero-order valence-corrected chi connectivity index (χ0v) is 12.9. The van der Waals surface area contributed by atoms with Gasteiger partial charge in [-0.1, -0.05) is 39.0 Å². The van der Waals surface area contributed by atoms with Gasteiger partial charge in [-0.25, -0.2) is 4.98 Å². The fourth-order valence-electron chi connectivity index (χ4n) is 3.64. The SMILES string of the molecule is CC.CC1C=C2CC3(CC2=CC1)C(=O)Nc1ncccc13. The number of rotatable bonds is 0. The molecule has 1 fully saturated rings. The van der Waals surface area contributed by atoms with Crippen LogP contribution >= 0.6 is 0 Å². The molecule has 1 saturated carbocycles. The minimum absolute atomic E-state index is 0.116. The van der Waals surface area contributed by atoms with Gasteiger partial charge in [-0.2, -0.15) is 0 Å². The summed E-state index contributed by atoms with van der Waals surface area (Å²) in [5.74, 6) is 1.46. The summed E-state index contributed by atoms with van der Waals surface area (Å²) < 4.78 is 0. The van der Waals surface area contributed by atoms with Crippen molar-refractivity contribution in [3.8, 4) is 0 Å². The highest BCUT2D eigenvalue weighted by atomic mass is 16.2. The molecule has 1 aliphatic heterocycles. The van der Waals surface area contributed by atoms with Gasteiger partial charge in [-0.05, 0) is 42.4 Å². The van der Waals surface area contributed by atoms with E-state index in [1.807, 2.05) is 26.0 Å². The fraction of sp³-hybridized carbons (Fsp3) is 0.444. The molecule has 110 valence electrons. The van der Waals surface area contributed by atoms with Crippen molar-refractivity contribution in [1.29, 1.82) is 0 Å². The Hall–Kier alpha value is -1.90. The fourth-order valence-corrected chi connectivity index (χ4v) is 3.64. The van der Waals surface area contributed by atoms with E-state index in [9.17, 15) is 4.79 Å². The molecule has 2 heterocycles. The van der Waals surface area contributed by atoms with Gasteiger partial charge in [-0.3, -0.25) is 4.79 Å². The number of nitrogens with one attached hydrogen (secondary N) is 1. The number of amides is 1. The van der Waals surface area contributed by atoms with E-state index in [-0.39, 0.29) is 5.91 Å². The summed E-state index contributed by atoms with van der Waals surface area (Å²) >= 11 is 0. The van der Waals surface area contributed by atoms with Crippen LogP contribution in [0.2, 0.25) is 0 Å². The minimum atomic E-state index is -0.397. The Bertz CT molecular complexity index is 644. The molecule has 2 unspecified atom stereocenters. The molecule has 21 heavy (non-hydrogen) atoms. The predicted molar refractivity (Wildman–Crippen MR) is 85.1 cm³/mol. The summed E-state index contributed by atoms with van der Waals surface area (Å²) in [6, 6.07) is 3.97. The largest absolute Gasteiger partial charge is 0.310 e. The second-order valence-electron chi connectivity index (χ2n) is 5.92. The molecule has 1 spiro atoms. The molecule has 4 rings (SSSR count). The van der Waals surface area contributed by atoms with Gasteiger partial charge in [0.2, 0.25) is 5.91 Å². The molecular formula is C18H22N2O. The zero-order chi connectivity index (χ0) is 15.0. The monoisotopic (exact) mass is 282 g/mol. The van der Waals surface area contributed by atoms with Crippen LogP contribution in [-0.2, 0) is 10.2 Å². The highest BCUT2D eigenvalue weighted by molar-refractivity contribution is 6.06. The molecule has 3 nitrogen and oxygen atoms in total. The second kappa shape index (κ2) is 5.14. The lowest BCUT2D eigenvalue weighted by atomic mass is 9.80. The quantitative estimate of drug-likeness (QED) is 0.782. The Morgan fingerprint density at radius 2 is 2.05 bits per heavy atom. The summed E-state index contributed by atoms with van der Waals surface area (Å²) in [7, 11) is 0. The van der Waals surface area contributed by atoms with E-state index in [1.54, 1.807) is 6.20 Å². The third kappa shape index (κ3) is 2.03. The number of hydrogen-bond donors (Lipinski definition) is 1. The van der Waals surface area contributed by atoms with Crippen molar-refractivity contribution >= 4 is 11.7 Å². The van der Waals surface area contributed by atoms with Crippen LogP contribution in [0.3, 0.4) is 0 Å². The summed E-state index contributed by atoms with van der Waals surface area (Å²) in [6.45, 7) is 6.23. The minimum Gasteiger partial charge on any atom is -0.310 e. The molecule has 1 aromatic rings. The molecular weight excluding hydrogens is 260 g/mol. The van der Waals surface area contributed by atoms with Crippen LogP contribution in [0.4, 0.5) is 5.82 Å². The number of anilines is 1. The van der Waals surface area contributed by atoms with Crippen molar-refractivity contribution in [2.24, 2.45) is 5.92 Å². The summed E-state index contributed by atoms with van der Waals surface area (Å²) in [6.07, 6.45) is 9.14. The van der Waals surface area contributed by atoms with Gasteiger partial charge in [0, 0.05) is 11.8 Å². The van der Waals surface area contributed by atoms with Gasteiger partial charge >= 0.3 is 0 Å². The molecule has 0 aromatic carbocycles. The van der Waals surface area contributed by atoms with Crippen molar-refractivity contribution < 1.29 is 4.79 Å². The Labute approximate surface area is 126 Å². The van der Waals surface area contributed by atoms with Gasteiger partial charge in [0.25, 0.3) is 0 Å². The molecule has 1 aromatic heterocycles. The third-order valence-electron chi connectivity index (χ3n) is 4.61. The lowest BCUT2D eigenvalue weighted by Gasteiger charge is -2.19. The molecule has 1 amide bonds. The lowest BCUT2D eigenvalue weighted by Crippen LogP contribution is -2.31.